The molecule has 144 valence electrons. The van der Waals surface area contributed by atoms with Crippen LogP contribution in [0.15, 0.2) is 17.1 Å². The molecule has 0 aliphatic heterocycles. The maximum atomic E-state index is 10.7. The molecule has 0 amide bonds. The third-order valence-corrected chi connectivity index (χ3v) is 6.78. The van der Waals surface area contributed by atoms with Crippen LogP contribution in [0.1, 0.15) is 43.4 Å². The zero-order valence-electron chi connectivity index (χ0n) is 15.7. The van der Waals surface area contributed by atoms with Gasteiger partial charge in [-0.1, -0.05) is 6.92 Å². The molecule has 0 bridgehead atoms. The van der Waals surface area contributed by atoms with Gasteiger partial charge in [0, 0.05) is 34.0 Å². The molecule has 3 N–H and O–H groups in total. The van der Waals surface area contributed by atoms with Crippen LogP contribution in [0.4, 0.5) is 0 Å². The van der Waals surface area contributed by atoms with Gasteiger partial charge >= 0.3 is 0 Å². The Kier molecular flexibility index (Phi) is 10.1. The van der Waals surface area contributed by atoms with Gasteiger partial charge in [0.1, 0.15) is 0 Å². The lowest BCUT2D eigenvalue weighted by Crippen LogP contribution is -2.53. The normalized spacial score (nSPS) is 24.2. The van der Waals surface area contributed by atoms with E-state index in [-0.39, 0.29) is 24.0 Å². The van der Waals surface area contributed by atoms with E-state index in [0.717, 1.165) is 37.5 Å². The number of halogens is 1. The molecule has 1 aliphatic carbocycles. The number of thiophene rings is 1. The lowest BCUT2D eigenvalue weighted by Gasteiger charge is -2.44. The fourth-order valence-electron chi connectivity index (χ4n) is 2.93. The first-order valence-corrected chi connectivity index (χ1v) is 10.8. The van der Waals surface area contributed by atoms with Gasteiger partial charge in [0.25, 0.3) is 0 Å². The maximum absolute atomic E-state index is 10.7. The number of nitrogens with zero attached hydrogens (tertiary/aromatic N) is 1. The number of thioether (sulfide) groups is 1. The largest absolute Gasteiger partial charge is 0.387 e. The lowest BCUT2D eigenvalue weighted by molar-refractivity contribution is -0.0154. The highest BCUT2D eigenvalue weighted by atomic mass is 127. The molecular weight excluding hydrogens is 465 g/mol. The topological polar surface area (TPSA) is 56.7 Å². The van der Waals surface area contributed by atoms with Crippen LogP contribution in [-0.2, 0) is 6.42 Å². The molecule has 1 fully saturated rings. The second-order valence-electron chi connectivity index (χ2n) is 6.54. The van der Waals surface area contributed by atoms with Crippen molar-refractivity contribution >= 4 is 53.0 Å². The molecule has 1 aromatic rings. The minimum absolute atomic E-state index is 0. The average Bonchev–Trinajstić information content (AvgIpc) is 2.94. The van der Waals surface area contributed by atoms with Gasteiger partial charge in [-0.25, -0.2) is 0 Å². The number of rotatable bonds is 8. The molecule has 2 rings (SSSR count). The molecule has 0 saturated heterocycles. The molecule has 7 heteroatoms. The van der Waals surface area contributed by atoms with Gasteiger partial charge in [-0.15, -0.1) is 35.3 Å². The standard InChI is InChI=1S/C18H31N3OS2.HI/c1-5-19-17(20-12-18(22)10-9-16(18)23-6-2)21-13(3)11-15-8-7-14(4)24-15;/h7-8,13,16,22H,5-6,9-12H2,1-4H3,(H2,19,20,21);1H. The number of aliphatic imine (C=N–C) groups is 1. The van der Waals surface area contributed by atoms with Gasteiger partial charge in [-0.05, 0) is 51.5 Å². The Labute approximate surface area is 177 Å². The van der Waals surface area contributed by atoms with Crippen LogP contribution < -0.4 is 10.6 Å². The van der Waals surface area contributed by atoms with E-state index in [0.29, 0.717) is 17.8 Å². The summed E-state index contributed by atoms with van der Waals surface area (Å²) in [6.45, 7) is 9.83. The Bertz CT molecular complexity index is 552. The zero-order valence-corrected chi connectivity index (χ0v) is 19.6. The van der Waals surface area contributed by atoms with Gasteiger partial charge in [0.15, 0.2) is 5.96 Å². The predicted octanol–water partition coefficient (Wildman–Crippen LogP) is 3.81. The van der Waals surface area contributed by atoms with Gasteiger partial charge in [0.05, 0.1) is 12.1 Å². The zero-order chi connectivity index (χ0) is 17.6. The van der Waals surface area contributed by atoms with Crippen LogP contribution in [0.25, 0.3) is 0 Å². The summed E-state index contributed by atoms with van der Waals surface area (Å²) in [6, 6.07) is 4.67. The Morgan fingerprint density at radius 3 is 2.76 bits per heavy atom. The molecule has 25 heavy (non-hydrogen) atoms. The summed E-state index contributed by atoms with van der Waals surface area (Å²) in [4.78, 5) is 7.40. The van der Waals surface area contributed by atoms with Crippen LogP contribution in [0.2, 0.25) is 0 Å². The summed E-state index contributed by atoms with van der Waals surface area (Å²) in [5.41, 5.74) is -0.628. The number of hydrogen-bond acceptors (Lipinski definition) is 4. The first-order chi connectivity index (χ1) is 11.5. The Hall–Kier alpha value is 0.01000. The molecule has 0 aromatic carbocycles. The molecule has 3 atom stereocenters. The molecule has 3 unspecified atom stereocenters. The maximum Gasteiger partial charge on any atom is 0.191 e. The Morgan fingerprint density at radius 1 is 1.48 bits per heavy atom. The van der Waals surface area contributed by atoms with Crippen LogP contribution in [-0.4, -0.2) is 46.8 Å². The van der Waals surface area contributed by atoms with Crippen molar-refractivity contribution in [2.75, 3.05) is 18.8 Å². The highest BCUT2D eigenvalue weighted by molar-refractivity contribution is 14.0. The van der Waals surface area contributed by atoms with E-state index in [9.17, 15) is 5.11 Å². The van der Waals surface area contributed by atoms with E-state index in [1.807, 2.05) is 23.1 Å². The van der Waals surface area contributed by atoms with E-state index in [4.69, 9.17) is 0 Å². The van der Waals surface area contributed by atoms with E-state index in [1.165, 1.54) is 9.75 Å². The van der Waals surface area contributed by atoms with E-state index in [1.54, 1.807) is 0 Å². The third kappa shape index (κ3) is 6.92. The minimum Gasteiger partial charge on any atom is -0.387 e. The molecule has 1 aliphatic rings. The summed E-state index contributed by atoms with van der Waals surface area (Å²) < 4.78 is 0. The van der Waals surface area contributed by atoms with Crippen molar-refractivity contribution < 1.29 is 5.11 Å². The second kappa shape index (κ2) is 11.0. The first kappa shape index (κ1) is 23.0. The fourth-order valence-corrected chi connectivity index (χ4v) is 5.14. The van der Waals surface area contributed by atoms with Gasteiger partial charge in [-0.2, -0.15) is 11.8 Å². The summed E-state index contributed by atoms with van der Waals surface area (Å²) in [7, 11) is 0. The third-order valence-electron chi connectivity index (χ3n) is 4.35. The number of aryl methyl sites for hydroxylation is 1. The molecule has 0 radical (unpaired) electrons. The molecule has 1 saturated carbocycles. The number of nitrogens with one attached hydrogen (secondary N) is 2. The van der Waals surface area contributed by atoms with Crippen molar-refractivity contribution in [3.63, 3.8) is 0 Å². The summed E-state index contributed by atoms with van der Waals surface area (Å²) in [5, 5.41) is 17.8. The molecule has 0 spiro atoms. The highest BCUT2D eigenvalue weighted by Gasteiger charge is 2.45. The average molecular weight is 498 g/mol. The van der Waals surface area contributed by atoms with Crippen LogP contribution in [0.5, 0.6) is 0 Å². The van der Waals surface area contributed by atoms with Crippen molar-refractivity contribution in [1.82, 2.24) is 10.6 Å². The van der Waals surface area contributed by atoms with Crippen molar-refractivity contribution in [1.29, 1.82) is 0 Å². The second-order valence-corrected chi connectivity index (χ2v) is 9.40. The van der Waals surface area contributed by atoms with Crippen molar-refractivity contribution in [2.45, 2.75) is 63.9 Å². The first-order valence-electron chi connectivity index (χ1n) is 8.91. The smallest absolute Gasteiger partial charge is 0.191 e. The number of hydrogen-bond donors (Lipinski definition) is 3. The summed E-state index contributed by atoms with van der Waals surface area (Å²) >= 11 is 3.70. The number of aliphatic hydroxyl groups is 1. The van der Waals surface area contributed by atoms with Gasteiger partial charge < -0.3 is 15.7 Å². The molecule has 1 heterocycles. The van der Waals surface area contributed by atoms with Crippen LogP contribution in [0, 0.1) is 6.92 Å². The Balaban J connectivity index is 0.00000312. The number of guanidine groups is 1. The summed E-state index contributed by atoms with van der Waals surface area (Å²) in [6.07, 6.45) is 2.95. The van der Waals surface area contributed by atoms with Crippen molar-refractivity contribution in [3.8, 4) is 0 Å². The Morgan fingerprint density at radius 2 is 2.24 bits per heavy atom. The van der Waals surface area contributed by atoms with Gasteiger partial charge in [0.2, 0.25) is 0 Å². The van der Waals surface area contributed by atoms with Crippen molar-refractivity contribution in [3.05, 3.63) is 21.9 Å². The van der Waals surface area contributed by atoms with E-state index in [2.05, 4.69) is 55.5 Å². The van der Waals surface area contributed by atoms with E-state index >= 15 is 0 Å². The SMILES string of the molecule is CCNC(=NCC1(O)CCC1SCC)NC(C)Cc1ccc(C)s1.I. The summed E-state index contributed by atoms with van der Waals surface area (Å²) in [5.74, 6) is 1.85. The van der Waals surface area contributed by atoms with Gasteiger partial charge in [-0.3, -0.25) is 4.99 Å². The monoisotopic (exact) mass is 497 g/mol. The minimum atomic E-state index is -0.628. The highest BCUT2D eigenvalue weighted by Crippen LogP contribution is 2.41. The molecular formula is C18H32IN3OS2. The molecule has 4 nitrogen and oxygen atoms in total. The quantitative estimate of drug-likeness (QED) is 0.291. The predicted molar refractivity (Wildman–Crippen MR) is 123 cm³/mol. The fraction of sp³-hybridized carbons (Fsp3) is 0.722. The molecule has 1 aromatic heterocycles. The van der Waals surface area contributed by atoms with Crippen LogP contribution in [0.3, 0.4) is 0 Å². The van der Waals surface area contributed by atoms with Crippen molar-refractivity contribution in [2.24, 2.45) is 4.99 Å². The van der Waals surface area contributed by atoms with Crippen LogP contribution >= 0.6 is 47.1 Å². The van der Waals surface area contributed by atoms with E-state index < -0.39 is 5.60 Å². The lowest BCUT2D eigenvalue weighted by atomic mass is 9.79.